The molecule has 8 heteroatoms. The van der Waals surface area contributed by atoms with E-state index in [0.29, 0.717) is 48.9 Å². The molecule has 3 heterocycles. The highest BCUT2D eigenvalue weighted by Gasteiger charge is 2.38. The van der Waals surface area contributed by atoms with Gasteiger partial charge in [0.2, 0.25) is 11.8 Å². The lowest BCUT2D eigenvalue weighted by molar-refractivity contribution is -0.123. The number of nitriles is 1. The first-order valence-electron chi connectivity index (χ1n) is 10.0. The first-order valence-corrected chi connectivity index (χ1v) is 10.4. The molecule has 0 spiro atoms. The molecule has 4 rings (SSSR count). The van der Waals surface area contributed by atoms with Crippen molar-refractivity contribution in [1.29, 1.82) is 5.26 Å². The molecule has 0 aliphatic carbocycles. The summed E-state index contributed by atoms with van der Waals surface area (Å²) in [6.45, 7) is 2.09. The molecule has 2 amide bonds. The zero-order valence-electron chi connectivity index (χ0n) is 16.4. The van der Waals surface area contributed by atoms with Gasteiger partial charge in [-0.1, -0.05) is 11.6 Å². The van der Waals surface area contributed by atoms with E-state index in [4.69, 9.17) is 16.9 Å². The summed E-state index contributed by atoms with van der Waals surface area (Å²) in [5.74, 6) is 0.454. The van der Waals surface area contributed by atoms with E-state index in [1.54, 1.807) is 29.2 Å². The van der Waals surface area contributed by atoms with Gasteiger partial charge in [-0.05, 0) is 68.8 Å². The van der Waals surface area contributed by atoms with Crippen molar-refractivity contribution in [3.8, 4) is 6.07 Å². The Morgan fingerprint density at radius 1 is 1.10 bits per heavy atom. The predicted molar refractivity (Wildman–Crippen MR) is 114 cm³/mol. The molecule has 0 bridgehead atoms. The molecule has 1 aromatic heterocycles. The van der Waals surface area contributed by atoms with Gasteiger partial charge in [0, 0.05) is 24.3 Å². The minimum atomic E-state index is -0.150. The Bertz CT molecular complexity index is 963. The summed E-state index contributed by atoms with van der Waals surface area (Å²) in [6.07, 6.45) is 3.69. The summed E-state index contributed by atoms with van der Waals surface area (Å²) >= 11 is 5.83. The minimum Gasteiger partial charge on any atom is -0.311 e. The van der Waals surface area contributed by atoms with Crippen molar-refractivity contribution in [3.05, 3.63) is 53.2 Å². The van der Waals surface area contributed by atoms with Gasteiger partial charge in [-0.2, -0.15) is 5.26 Å². The molecule has 1 unspecified atom stereocenters. The average Bonchev–Trinajstić information content (AvgIpc) is 3.16. The second kappa shape index (κ2) is 8.82. The number of likely N-dealkylation sites (tertiary alicyclic amines) is 1. The molecule has 154 valence electrons. The fraction of sp³-hybridized carbons (Fsp3) is 0.364. The number of aromatic nitrogens is 1. The number of benzene rings is 1. The number of hydrogen-bond donors (Lipinski definition) is 1. The molecule has 2 aliphatic rings. The number of rotatable bonds is 4. The van der Waals surface area contributed by atoms with Crippen molar-refractivity contribution in [2.75, 3.05) is 29.9 Å². The van der Waals surface area contributed by atoms with Crippen molar-refractivity contribution in [3.63, 3.8) is 0 Å². The van der Waals surface area contributed by atoms with E-state index in [9.17, 15) is 9.59 Å². The Kier molecular flexibility index (Phi) is 5.98. The highest BCUT2D eigenvalue weighted by atomic mass is 35.5. The number of halogens is 1. The summed E-state index contributed by atoms with van der Waals surface area (Å²) < 4.78 is 0. The van der Waals surface area contributed by atoms with E-state index in [1.807, 2.05) is 12.1 Å². The highest BCUT2D eigenvalue weighted by Crippen LogP contribution is 2.28. The van der Waals surface area contributed by atoms with Crippen molar-refractivity contribution in [2.45, 2.75) is 25.3 Å². The van der Waals surface area contributed by atoms with Gasteiger partial charge in [0.1, 0.15) is 5.82 Å². The number of pyridine rings is 1. The van der Waals surface area contributed by atoms with Gasteiger partial charge in [0.25, 0.3) is 0 Å². The van der Waals surface area contributed by atoms with Gasteiger partial charge >= 0.3 is 0 Å². The van der Waals surface area contributed by atoms with Crippen LogP contribution in [0.5, 0.6) is 0 Å². The van der Waals surface area contributed by atoms with Crippen LogP contribution in [0.2, 0.25) is 5.02 Å². The number of piperidine rings is 1. The van der Waals surface area contributed by atoms with Crippen LogP contribution >= 0.6 is 11.6 Å². The van der Waals surface area contributed by atoms with Crippen molar-refractivity contribution in [1.82, 2.24) is 9.88 Å². The molecule has 1 atom stereocenters. The molecule has 2 fully saturated rings. The fourth-order valence-corrected chi connectivity index (χ4v) is 4.24. The van der Waals surface area contributed by atoms with Crippen LogP contribution in [-0.2, 0) is 9.59 Å². The predicted octanol–water partition coefficient (Wildman–Crippen LogP) is 3.06. The lowest BCUT2D eigenvalue weighted by Crippen LogP contribution is -2.47. The van der Waals surface area contributed by atoms with Crippen LogP contribution in [0.15, 0.2) is 42.6 Å². The molecule has 1 aromatic carbocycles. The van der Waals surface area contributed by atoms with Crippen molar-refractivity contribution < 1.29 is 9.59 Å². The summed E-state index contributed by atoms with van der Waals surface area (Å²) in [6, 6.07) is 12.4. The van der Waals surface area contributed by atoms with Crippen LogP contribution in [0.3, 0.4) is 0 Å². The maximum atomic E-state index is 13.0. The molecular formula is C22H22ClN5O2. The first-order chi connectivity index (χ1) is 14.5. The molecule has 1 N–H and O–H groups in total. The van der Waals surface area contributed by atoms with E-state index >= 15 is 0 Å². The molecule has 2 aliphatic heterocycles. The Balaban J connectivity index is 1.31. The summed E-state index contributed by atoms with van der Waals surface area (Å²) in [5, 5.41) is 12.3. The first kappa shape index (κ1) is 20.3. The van der Waals surface area contributed by atoms with Gasteiger partial charge in [0.15, 0.2) is 0 Å². The number of anilines is 2. The lowest BCUT2D eigenvalue weighted by atomic mass is 9.94. The van der Waals surface area contributed by atoms with Crippen molar-refractivity contribution in [2.24, 2.45) is 5.92 Å². The molecule has 0 saturated carbocycles. The fourth-order valence-electron chi connectivity index (χ4n) is 4.13. The van der Waals surface area contributed by atoms with Crippen LogP contribution in [0.4, 0.5) is 11.5 Å². The highest BCUT2D eigenvalue weighted by molar-refractivity contribution is 6.30. The van der Waals surface area contributed by atoms with Gasteiger partial charge in [-0.15, -0.1) is 0 Å². The van der Waals surface area contributed by atoms with Crippen LogP contribution in [-0.4, -0.2) is 47.4 Å². The SMILES string of the molecule is N#Cc1ccc(N2CCC(N3CCC(C(=O)Nc4ccc(Cl)cn4)CC3)C2=O)cc1. The number of nitrogens with one attached hydrogen (secondary N) is 1. The van der Waals surface area contributed by atoms with Gasteiger partial charge in [-0.25, -0.2) is 4.98 Å². The molecular weight excluding hydrogens is 402 g/mol. The maximum absolute atomic E-state index is 13.0. The Morgan fingerprint density at radius 3 is 2.47 bits per heavy atom. The van der Waals surface area contributed by atoms with E-state index < -0.39 is 0 Å². The molecule has 30 heavy (non-hydrogen) atoms. The Morgan fingerprint density at radius 2 is 1.83 bits per heavy atom. The largest absolute Gasteiger partial charge is 0.311 e. The van der Waals surface area contributed by atoms with Crippen molar-refractivity contribution >= 4 is 34.9 Å². The second-order valence-corrected chi connectivity index (χ2v) is 8.05. The Hall–Kier alpha value is -2.95. The molecule has 2 saturated heterocycles. The normalized spacial score (nSPS) is 20.2. The monoisotopic (exact) mass is 423 g/mol. The average molecular weight is 424 g/mol. The van der Waals surface area contributed by atoms with Gasteiger partial charge in [0.05, 0.1) is 22.7 Å². The number of nitrogens with zero attached hydrogens (tertiary/aromatic N) is 4. The van der Waals surface area contributed by atoms with Crippen LogP contribution in [0.25, 0.3) is 0 Å². The summed E-state index contributed by atoms with van der Waals surface area (Å²) in [4.78, 5) is 33.6. The summed E-state index contributed by atoms with van der Waals surface area (Å²) in [5.41, 5.74) is 1.40. The van der Waals surface area contributed by atoms with E-state index in [-0.39, 0.29) is 23.8 Å². The third-order valence-electron chi connectivity index (χ3n) is 5.81. The van der Waals surface area contributed by atoms with E-state index in [0.717, 1.165) is 12.1 Å². The van der Waals surface area contributed by atoms with E-state index in [2.05, 4.69) is 21.3 Å². The number of carbonyl (C=O) groups excluding carboxylic acids is 2. The van der Waals surface area contributed by atoms with Crippen LogP contribution in [0.1, 0.15) is 24.8 Å². The number of amides is 2. The topological polar surface area (TPSA) is 89.3 Å². The molecule has 0 radical (unpaired) electrons. The van der Waals surface area contributed by atoms with Crippen LogP contribution in [0, 0.1) is 17.2 Å². The van der Waals surface area contributed by atoms with Crippen LogP contribution < -0.4 is 10.2 Å². The zero-order chi connectivity index (χ0) is 21.1. The van der Waals surface area contributed by atoms with E-state index in [1.165, 1.54) is 6.20 Å². The Labute approximate surface area is 180 Å². The lowest BCUT2D eigenvalue weighted by Gasteiger charge is -2.34. The number of carbonyl (C=O) groups is 2. The number of hydrogen-bond acceptors (Lipinski definition) is 5. The smallest absolute Gasteiger partial charge is 0.244 e. The third-order valence-corrected chi connectivity index (χ3v) is 6.03. The summed E-state index contributed by atoms with van der Waals surface area (Å²) in [7, 11) is 0. The third kappa shape index (κ3) is 4.30. The second-order valence-electron chi connectivity index (χ2n) is 7.61. The molecule has 2 aromatic rings. The maximum Gasteiger partial charge on any atom is 0.244 e. The van der Waals surface area contributed by atoms with Gasteiger partial charge < -0.3 is 10.2 Å². The minimum absolute atomic E-state index is 0.0403. The molecule has 7 nitrogen and oxygen atoms in total. The quantitative estimate of drug-likeness (QED) is 0.816. The van der Waals surface area contributed by atoms with Gasteiger partial charge in [-0.3, -0.25) is 14.5 Å². The standard InChI is InChI=1S/C22H22ClN5O2/c23-17-3-6-20(25-14-17)26-21(29)16-7-10-27(11-8-16)19-9-12-28(22(19)30)18-4-1-15(13-24)2-5-18/h1-6,14,16,19H,7-12H2,(H,25,26,29). The zero-order valence-corrected chi connectivity index (χ0v) is 17.2.